The number of methoxy groups -OCH3 is 2. The van der Waals surface area contributed by atoms with Crippen LogP contribution in [0.3, 0.4) is 0 Å². The fourth-order valence-corrected chi connectivity index (χ4v) is 4.46. The topological polar surface area (TPSA) is 129 Å². The molecule has 240 valence electrons. The molecule has 43 heavy (non-hydrogen) atoms. The third kappa shape index (κ3) is 13.3. The van der Waals surface area contributed by atoms with Gasteiger partial charge in [0.2, 0.25) is 0 Å². The van der Waals surface area contributed by atoms with E-state index < -0.39 is 34.6 Å². The van der Waals surface area contributed by atoms with Crippen LogP contribution >= 0.6 is 0 Å². The molecule has 0 radical (unpaired) electrons. The van der Waals surface area contributed by atoms with Gasteiger partial charge in [-0.25, -0.2) is 0 Å². The summed E-state index contributed by atoms with van der Waals surface area (Å²) in [4.78, 5) is 36.4. The van der Waals surface area contributed by atoms with E-state index >= 15 is 0 Å². The molecule has 0 aliphatic rings. The second-order valence-electron chi connectivity index (χ2n) is 13.1. The van der Waals surface area contributed by atoms with E-state index in [1.54, 1.807) is 13.8 Å². The van der Waals surface area contributed by atoms with E-state index in [2.05, 4.69) is 10.6 Å². The molecule has 2 aromatic carbocycles. The number of nitrogens with two attached hydrogens (primary N) is 1. The maximum atomic E-state index is 12.4. The third-order valence-corrected chi connectivity index (χ3v) is 6.85. The zero-order chi connectivity index (χ0) is 33.0. The number of esters is 3. The van der Waals surface area contributed by atoms with Gasteiger partial charge < -0.3 is 19.9 Å². The molecule has 4 atom stereocenters. The van der Waals surface area contributed by atoms with Crippen LogP contribution in [0.25, 0.3) is 0 Å². The Morgan fingerprint density at radius 1 is 0.698 bits per heavy atom. The van der Waals surface area contributed by atoms with Gasteiger partial charge in [-0.3, -0.25) is 25.0 Å². The summed E-state index contributed by atoms with van der Waals surface area (Å²) in [6.07, 6.45) is 0.110. The van der Waals surface area contributed by atoms with Gasteiger partial charge in [0, 0.05) is 23.0 Å². The average molecular weight is 600 g/mol. The second kappa shape index (κ2) is 16.5. The zero-order valence-electron chi connectivity index (χ0n) is 27.8. The maximum absolute atomic E-state index is 12.4. The van der Waals surface area contributed by atoms with Crippen molar-refractivity contribution in [3.05, 3.63) is 71.8 Å². The van der Waals surface area contributed by atoms with E-state index in [1.807, 2.05) is 109 Å². The van der Waals surface area contributed by atoms with Crippen LogP contribution < -0.4 is 16.4 Å². The van der Waals surface area contributed by atoms with E-state index in [1.165, 1.54) is 14.2 Å². The summed E-state index contributed by atoms with van der Waals surface area (Å²) < 4.78 is 15.2. The van der Waals surface area contributed by atoms with Gasteiger partial charge in [-0.05, 0) is 59.6 Å². The van der Waals surface area contributed by atoms with Crippen molar-refractivity contribution in [3.63, 3.8) is 0 Å². The van der Waals surface area contributed by atoms with Crippen LogP contribution in [-0.4, -0.2) is 55.4 Å². The highest BCUT2D eigenvalue weighted by Gasteiger charge is 2.40. The highest BCUT2D eigenvalue weighted by Crippen LogP contribution is 2.30. The Bertz CT molecular complexity index is 1140. The van der Waals surface area contributed by atoms with E-state index in [0.717, 1.165) is 11.1 Å². The first-order valence-electron chi connectivity index (χ1n) is 14.6. The van der Waals surface area contributed by atoms with Crippen molar-refractivity contribution in [1.82, 2.24) is 10.6 Å². The van der Waals surface area contributed by atoms with Gasteiger partial charge in [0.05, 0.1) is 20.6 Å². The normalized spacial score (nSPS) is 14.7. The standard InChI is InChI=1S/C20H31NO4.C14H22N2O2/c1-14(15-11-9-8-10-12-15)21-17(18(23)24-7)20(5,6)13-16(22)25-19(2,3)4;1-10(11-8-6-5-7-9-11)16-12(13(17)18-4)14(2,3)15/h8-12,14,17,21H,13H2,1-7H3;5-10,12,16H,15H2,1-4H3/t14-,17+;10-,12+/m11/s1. The molecule has 0 bridgehead atoms. The van der Waals surface area contributed by atoms with Crippen LogP contribution in [0.15, 0.2) is 60.7 Å². The molecule has 0 spiro atoms. The fraction of sp³-hybridized carbons (Fsp3) is 0.559. The van der Waals surface area contributed by atoms with E-state index in [0.29, 0.717) is 0 Å². The summed E-state index contributed by atoms with van der Waals surface area (Å²) in [5.41, 5.74) is 6.28. The molecule has 4 N–H and O–H groups in total. The Morgan fingerprint density at radius 2 is 1.07 bits per heavy atom. The van der Waals surface area contributed by atoms with Crippen LogP contribution in [0.5, 0.6) is 0 Å². The summed E-state index contributed by atoms with van der Waals surface area (Å²) >= 11 is 0. The summed E-state index contributed by atoms with van der Waals surface area (Å²) in [7, 11) is 2.73. The van der Waals surface area contributed by atoms with Crippen molar-refractivity contribution in [2.75, 3.05) is 14.2 Å². The largest absolute Gasteiger partial charge is 0.468 e. The lowest BCUT2D eigenvalue weighted by molar-refractivity contribution is -0.159. The number of hydrogen-bond donors (Lipinski definition) is 3. The molecule has 0 fully saturated rings. The van der Waals surface area contributed by atoms with Gasteiger partial charge >= 0.3 is 17.9 Å². The number of nitrogens with one attached hydrogen (secondary N) is 2. The van der Waals surface area contributed by atoms with Crippen LogP contribution in [0.4, 0.5) is 0 Å². The van der Waals surface area contributed by atoms with Crippen molar-refractivity contribution in [1.29, 1.82) is 0 Å². The molecule has 0 unspecified atom stereocenters. The first-order valence-corrected chi connectivity index (χ1v) is 14.6. The molecular weight excluding hydrogens is 546 g/mol. The number of hydrogen-bond acceptors (Lipinski definition) is 9. The minimum Gasteiger partial charge on any atom is -0.468 e. The molecular formula is C34H53N3O6. The molecule has 0 amide bonds. The quantitative estimate of drug-likeness (QED) is 0.221. The molecule has 0 saturated carbocycles. The van der Waals surface area contributed by atoms with Crippen molar-refractivity contribution < 1.29 is 28.6 Å². The number of rotatable bonds is 12. The smallest absolute Gasteiger partial charge is 0.324 e. The monoisotopic (exact) mass is 599 g/mol. The van der Waals surface area contributed by atoms with Gasteiger partial charge in [0.1, 0.15) is 17.7 Å². The van der Waals surface area contributed by atoms with Gasteiger partial charge in [-0.2, -0.15) is 0 Å². The summed E-state index contributed by atoms with van der Waals surface area (Å²) in [6, 6.07) is 18.5. The Balaban J connectivity index is 0.000000453. The van der Waals surface area contributed by atoms with Crippen molar-refractivity contribution in [2.24, 2.45) is 11.1 Å². The minimum atomic E-state index is -0.684. The Labute approximate surface area is 258 Å². The molecule has 2 aromatic rings. The van der Waals surface area contributed by atoms with E-state index in [9.17, 15) is 14.4 Å². The summed E-state index contributed by atoms with van der Waals surface area (Å²) in [5.74, 6) is -1.07. The fourth-order valence-electron chi connectivity index (χ4n) is 4.46. The Hall–Kier alpha value is -3.27. The first-order chi connectivity index (χ1) is 19.8. The Kier molecular flexibility index (Phi) is 14.5. The SMILES string of the molecule is COC(=O)[C@H](N[C@H](C)c1ccccc1)C(C)(C)CC(=O)OC(C)(C)C.COC(=O)[C@H](N[C@H](C)c1ccccc1)C(C)(C)N. The predicted octanol–water partition coefficient (Wildman–Crippen LogP) is 5.25. The lowest BCUT2D eigenvalue weighted by atomic mass is 9.80. The average Bonchev–Trinajstić information content (AvgIpc) is 2.92. The molecule has 2 rings (SSSR count). The van der Waals surface area contributed by atoms with Crippen LogP contribution in [-0.2, 0) is 28.6 Å². The number of benzene rings is 2. The zero-order valence-corrected chi connectivity index (χ0v) is 27.8. The van der Waals surface area contributed by atoms with Gasteiger partial charge in [0.25, 0.3) is 0 Å². The van der Waals surface area contributed by atoms with Crippen molar-refractivity contribution in [2.45, 2.75) is 104 Å². The van der Waals surface area contributed by atoms with Crippen LogP contribution in [0.2, 0.25) is 0 Å². The number of carbonyl (C=O) groups is 3. The maximum Gasteiger partial charge on any atom is 0.324 e. The number of carbonyl (C=O) groups excluding carboxylic acids is 3. The van der Waals surface area contributed by atoms with Crippen molar-refractivity contribution in [3.8, 4) is 0 Å². The highest BCUT2D eigenvalue weighted by molar-refractivity contribution is 5.79. The Morgan fingerprint density at radius 3 is 1.42 bits per heavy atom. The lowest BCUT2D eigenvalue weighted by Crippen LogP contribution is -2.58. The molecule has 0 aliphatic heterocycles. The molecule has 0 aliphatic carbocycles. The molecule has 0 saturated heterocycles. The minimum absolute atomic E-state index is 0.0260. The first kappa shape index (κ1) is 37.8. The lowest BCUT2D eigenvalue weighted by Gasteiger charge is -2.35. The van der Waals surface area contributed by atoms with Crippen LogP contribution in [0.1, 0.15) is 91.9 Å². The van der Waals surface area contributed by atoms with Gasteiger partial charge in [0.15, 0.2) is 0 Å². The third-order valence-electron chi connectivity index (χ3n) is 6.85. The summed E-state index contributed by atoms with van der Waals surface area (Å²) in [6.45, 7) is 16.8. The molecule has 0 heterocycles. The van der Waals surface area contributed by atoms with E-state index in [4.69, 9.17) is 19.9 Å². The molecule has 9 nitrogen and oxygen atoms in total. The van der Waals surface area contributed by atoms with E-state index in [-0.39, 0.29) is 30.4 Å². The second-order valence-corrected chi connectivity index (χ2v) is 13.1. The van der Waals surface area contributed by atoms with Gasteiger partial charge in [-0.1, -0.05) is 74.5 Å². The highest BCUT2D eigenvalue weighted by atomic mass is 16.6. The van der Waals surface area contributed by atoms with Crippen molar-refractivity contribution >= 4 is 17.9 Å². The number of ether oxygens (including phenoxy) is 3. The molecule has 9 heteroatoms. The summed E-state index contributed by atoms with van der Waals surface area (Å²) in [5, 5.41) is 6.53. The molecule has 0 aromatic heterocycles. The van der Waals surface area contributed by atoms with Gasteiger partial charge in [-0.15, -0.1) is 0 Å². The van der Waals surface area contributed by atoms with Crippen LogP contribution in [0, 0.1) is 5.41 Å². The predicted molar refractivity (Wildman–Crippen MR) is 170 cm³/mol.